The predicted molar refractivity (Wildman–Crippen MR) is 86.3 cm³/mol. The first-order valence-electron chi connectivity index (χ1n) is 7.64. The Kier molecular flexibility index (Phi) is 4.29. The van der Waals surface area contributed by atoms with E-state index in [-0.39, 0.29) is 0 Å². The summed E-state index contributed by atoms with van der Waals surface area (Å²) >= 11 is 0. The summed E-state index contributed by atoms with van der Waals surface area (Å²) in [5.74, 6) is -1.64. The Morgan fingerprint density at radius 3 is 1.42 bits per heavy atom. The number of benzene rings is 2. The average Bonchev–Trinajstić information content (AvgIpc) is 2.51. The molecule has 0 bridgehead atoms. The van der Waals surface area contributed by atoms with Crippen molar-refractivity contribution >= 4 is 23.2 Å². The molecule has 2 N–H and O–H groups in total. The molecular formula is C18H16F2N2O2. The fourth-order valence-electron chi connectivity index (χ4n) is 2.66. The zero-order chi connectivity index (χ0) is 17.2. The molecule has 1 aliphatic rings. The maximum Gasteiger partial charge on any atom is 0.240 e. The van der Waals surface area contributed by atoms with Gasteiger partial charge in [-0.3, -0.25) is 9.59 Å². The lowest BCUT2D eigenvalue weighted by Crippen LogP contribution is -2.50. The van der Waals surface area contributed by atoms with E-state index in [1.165, 1.54) is 48.5 Å². The van der Waals surface area contributed by atoms with E-state index in [2.05, 4.69) is 10.6 Å². The van der Waals surface area contributed by atoms with Crippen LogP contribution in [-0.4, -0.2) is 11.8 Å². The number of hydrogen-bond acceptors (Lipinski definition) is 2. The van der Waals surface area contributed by atoms with E-state index in [1.807, 2.05) is 0 Å². The summed E-state index contributed by atoms with van der Waals surface area (Å²) in [7, 11) is 0. The highest BCUT2D eigenvalue weighted by Crippen LogP contribution is 2.43. The van der Waals surface area contributed by atoms with Crippen molar-refractivity contribution in [3.8, 4) is 0 Å². The molecule has 6 heteroatoms. The number of nitrogens with one attached hydrogen (secondary N) is 2. The molecule has 3 rings (SSSR count). The average molecular weight is 330 g/mol. The molecule has 0 spiro atoms. The zero-order valence-electron chi connectivity index (χ0n) is 12.8. The summed E-state index contributed by atoms with van der Waals surface area (Å²) in [6, 6.07) is 10.7. The van der Waals surface area contributed by atoms with Crippen LogP contribution in [0.3, 0.4) is 0 Å². The van der Waals surface area contributed by atoms with E-state index in [0.717, 1.165) is 6.42 Å². The molecule has 0 radical (unpaired) electrons. The van der Waals surface area contributed by atoms with Gasteiger partial charge in [0, 0.05) is 11.4 Å². The lowest BCUT2D eigenvalue weighted by Gasteiger charge is -2.38. The minimum Gasteiger partial charge on any atom is -0.325 e. The van der Waals surface area contributed by atoms with Crippen molar-refractivity contribution in [1.29, 1.82) is 0 Å². The lowest BCUT2D eigenvalue weighted by atomic mass is 9.67. The van der Waals surface area contributed by atoms with Crippen molar-refractivity contribution in [2.75, 3.05) is 10.6 Å². The Morgan fingerprint density at radius 1 is 0.750 bits per heavy atom. The highest BCUT2D eigenvalue weighted by atomic mass is 19.1. The van der Waals surface area contributed by atoms with E-state index in [4.69, 9.17) is 0 Å². The molecule has 24 heavy (non-hydrogen) atoms. The van der Waals surface area contributed by atoms with E-state index in [1.54, 1.807) is 0 Å². The van der Waals surface area contributed by atoms with E-state index in [0.29, 0.717) is 24.2 Å². The van der Waals surface area contributed by atoms with Crippen LogP contribution in [0.15, 0.2) is 48.5 Å². The summed E-state index contributed by atoms with van der Waals surface area (Å²) < 4.78 is 25.9. The third kappa shape index (κ3) is 3.13. The second-order valence-electron chi connectivity index (χ2n) is 5.86. The van der Waals surface area contributed by atoms with E-state index in [9.17, 15) is 18.4 Å². The second kappa shape index (κ2) is 6.39. The number of hydrogen-bond donors (Lipinski definition) is 2. The van der Waals surface area contributed by atoms with Crippen LogP contribution >= 0.6 is 0 Å². The maximum atomic E-state index is 12.9. The molecule has 1 saturated carbocycles. The van der Waals surface area contributed by atoms with E-state index >= 15 is 0 Å². The standard InChI is InChI=1S/C18H16F2N2O2/c19-12-2-6-14(7-3-12)21-16(23)18(10-1-11-18)17(24)22-15-8-4-13(20)5-9-15/h2-9H,1,10-11H2,(H,21,23)(H,22,24). The third-order valence-electron chi connectivity index (χ3n) is 4.28. The molecule has 0 unspecified atom stereocenters. The van der Waals surface area contributed by atoms with Gasteiger partial charge in [-0.05, 0) is 61.4 Å². The fraction of sp³-hybridized carbons (Fsp3) is 0.222. The van der Waals surface area contributed by atoms with E-state index < -0.39 is 28.9 Å². The van der Waals surface area contributed by atoms with Crippen molar-refractivity contribution < 1.29 is 18.4 Å². The van der Waals surface area contributed by atoms with Crippen LogP contribution in [0.2, 0.25) is 0 Å². The van der Waals surface area contributed by atoms with Crippen LogP contribution in [0, 0.1) is 17.0 Å². The van der Waals surface area contributed by atoms with Crippen LogP contribution in [0.25, 0.3) is 0 Å². The van der Waals surface area contributed by atoms with Gasteiger partial charge in [-0.25, -0.2) is 8.78 Å². The minimum atomic E-state index is -1.15. The summed E-state index contributed by atoms with van der Waals surface area (Å²) in [6.45, 7) is 0. The van der Waals surface area contributed by atoms with Crippen molar-refractivity contribution in [2.24, 2.45) is 5.41 Å². The quantitative estimate of drug-likeness (QED) is 0.840. The lowest BCUT2D eigenvalue weighted by molar-refractivity contribution is -0.142. The monoisotopic (exact) mass is 330 g/mol. The first-order chi connectivity index (χ1) is 11.5. The Morgan fingerprint density at radius 2 is 1.12 bits per heavy atom. The second-order valence-corrected chi connectivity index (χ2v) is 5.86. The smallest absolute Gasteiger partial charge is 0.240 e. The Balaban J connectivity index is 1.72. The van der Waals surface area contributed by atoms with Gasteiger partial charge in [0.25, 0.3) is 0 Å². The first kappa shape index (κ1) is 16.1. The molecule has 2 aromatic carbocycles. The topological polar surface area (TPSA) is 58.2 Å². The van der Waals surface area contributed by atoms with Gasteiger partial charge in [0.1, 0.15) is 17.0 Å². The van der Waals surface area contributed by atoms with Crippen LogP contribution in [0.5, 0.6) is 0 Å². The largest absolute Gasteiger partial charge is 0.325 e. The Labute approximate surface area is 137 Å². The molecule has 1 fully saturated rings. The summed E-state index contributed by atoms with van der Waals surface area (Å²) in [5.41, 5.74) is -0.285. The highest BCUT2D eigenvalue weighted by molar-refractivity contribution is 6.15. The van der Waals surface area contributed by atoms with Crippen molar-refractivity contribution in [3.63, 3.8) is 0 Å². The molecule has 0 aromatic heterocycles. The number of carbonyl (C=O) groups excluding carboxylic acids is 2. The molecule has 0 atom stereocenters. The first-order valence-corrected chi connectivity index (χ1v) is 7.64. The molecule has 4 nitrogen and oxygen atoms in total. The number of halogens is 2. The number of carbonyl (C=O) groups is 2. The summed E-state index contributed by atoms with van der Waals surface area (Å²) in [4.78, 5) is 25.1. The van der Waals surface area contributed by atoms with Crippen LogP contribution in [0.1, 0.15) is 19.3 Å². The van der Waals surface area contributed by atoms with Gasteiger partial charge in [0.2, 0.25) is 11.8 Å². The summed E-state index contributed by atoms with van der Waals surface area (Å²) in [5, 5.41) is 5.32. The summed E-state index contributed by atoms with van der Waals surface area (Å²) in [6.07, 6.45) is 1.65. The number of anilines is 2. The molecule has 0 heterocycles. The Bertz CT molecular complexity index is 692. The van der Waals surface area contributed by atoms with Crippen LogP contribution < -0.4 is 10.6 Å². The Hall–Kier alpha value is -2.76. The van der Waals surface area contributed by atoms with Gasteiger partial charge in [-0.15, -0.1) is 0 Å². The maximum absolute atomic E-state index is 12.9. The SMILES string of the molecule is O=C(Nc1ccc(F)cc1)C1(C(=O)Nc2ccc(F)cc2)CCC1. The molecule has 2 aromatic rings. The zero-order valence-corrected chi connectivity index (χ0v) is 12.8. The molecule has 124 valence electrons. The molecule has 2 amide bonds. The predicted octanol–water partition coefficient (Wildman–Crippen LogP) is 3.71. The van der Waals surface area contributed by atoms with Crippen LogP contribution in [0.4, 0.5) is 20.2 Å². The highest BCUT2D eigenvalue weighted by Gasteiger charge is 2.50. The molecule has 1 aliphatic carbocycles. The van der Waals surface area contributed by atoms with Crippen molar-refractivity contribution in [3.05, 3.63) is 60.2 Å². The third-order valence-corrected chi connectivity index (χ3v) is 4.28. The van der Waals surface area contributed by atoms with Gasteiger partial charge in [-0.1, -0.05) is 6.42 Å². The van der Waals surface area contributed by atoms with Gasteiger partial charge in [0.15, 0.2) is 0 Å². The van der Waals surface area contributed by atoms with Gasteiger partial charge in [0.05, 0.1) is 0 Å². The minimum absolute atomic E-state index is 0.402. The normalized spacial score (nSPS) is 15.2. The van der Waals surface area contributed by atoms with Crippen molar-refractivity contribution in [1.82, 2.24) is 0 Å². The molecule has 0 aliphatic heterocycles. The van der Waals surface area contributed by atoms with Gasteiger partial charge in [-0.2, -0.15) is 0 Å². The van der Waals surface area contributed by atoms with Gasteiger partial charge < -0.3 is 10.6 Å². The molecule has 0 saturated heterocycles. The van der Waals surface area contributed by atoms with Crippen LogP contribution in [-0.2, 0) is 9.59 Å². The number of rotatable bonds is 4. The number of amides is 2. The fourth-order valence-corrected chi connectivity index (χ4v) is 2.66. The van der Waals surface area contributed by atoms with Gasteiger partial charge >= 0.3 is 0 Å². The molecular weight excluding hydrogens is 314 g/mol. The van der Waals surface area contributed by atoms with Crippen molar-refractivity contribution in [2.45, 2.75) is 19.3 Å².